The highest BCUT2D eigenvalue weighted by Crippen LogP contribution is 2.02. The van der Waals surface area contributed by atoms with Crippen molar-refractivity contribution in [2.24, 2.45) is 0 Å². The maximum Gasteiger partial charge on any atom is 0.328 e. The van der Waals surface area contributed by atoms with Crippen LogP contribution >= 0.6 is 0 Å². The third kappa shape index (κ3) is 6.62. The molecule has 0 saturated heterocycles. The van der Waals surface area contributed by atoms with Crippen LogP contribution in [0.2, 0.25) is 0 Å². The molecule has 7 heteroatoms. The molecule has 0 radical (unpaired) electrons. The third-order valence-electron chi connectivity index (χ3n) is 2.10. The van der Waals surface area contributed by atoms with Gasteiger partial charge in [-0.05, 0) is 13.3 Å². The second-order valence-corrected chi connectivity index (χ2v) is 3.64. The van der Waals surface area contributed by atoms with Gasteiger partial charge in [0.1, 0.15) is 11.8 Å². The molecule has 1 unspecified atom stereocenters. The van der Waals surface area contributed by atoms with Crippen molar-refractivity contribution in [3.05, 3.63) is 0 Å². The van der Waals surface area contributed by atoms with E-state index in [-0.39, 0.29) is 25.0 Å². The summed E-state index contributed by atoms with van der Waals surface area (Å²) in [6.45, 7) is 1.27. The van der Waals surface area contributed by atoms with E-state index in [2.05, 4.69) is 14.8 Å². The van der Waals surface area contributed by atoms with Gasteiger partial charge in [0.05, 0.1) is 20.6 Å². The van der Waals surface area contributed by atoms with Crippen molar-refractivity contribution in [2.75, 3.05) is 14.2 Å². The van der Waals surface area contributed by atoms with Crippen LogP contribution in [0.5, 0.6) is 0 Å². The van der Waals surface area contributed by atoms with Crippen molar-refractivity contribution in [2.45, 2.75) is 32.2 Å². The molecule has 0 aromatic heterocycles. The summed E-state index contributed by atoms with van der Waals surface area (Å²) in [5.41, 5.74) is 0. The molecular formula is C11H17NO6. The third-order valence-corrected chi connectivity index (χ3v) is 2.10. The van der Waals surface area contributed by atoms with Gasteiger partial charge in [0.15, 0.2) is 0 Å². The number of nitrogens with one attached hydrogen (secondary N) is 1. The van der Waals surface area contributed by atoms with Crippen LogP contribution in [0.4, 0.5) is 0 Å². The fourth-order valence-corrected chi connectivity index (χ4v) is 1.23. The van der Waals surface area contributed by atoms with Crippen LogP contribution in [0.25, 0.3) is 0 Å². The van der Waals surface area contributed by atoms with E-state index in [9.17, 15) is 19.2 Å². The van der Waals surface area contributed by atoms with Gasteiger partial charge in [-0.1, -0.05) is 0 Å². The smallest absolute Gasteiger partial charge is 0.328 e. The summed E-state index contributed by atoms with van der Waals surface area (Å²) in [5.74, 6) is -2.06. The molecule has 102 valence electrons. The number of hydrogen-bond donors (Lipinski definition) is 1. The van der Waals surface area contributed by atoms with E-state index in [4.69, 9.17) is 0 Å². The zero-order chi connectivity index (χ0) is 14.1. The lowest BCUT2D eigenvalue weighted by atomic mass is 10.1. The van der Waals surface area contributed by atoms with Gasteiger partial charge in [-0.25, -0.2) is 4.79 Å². The van der Waals surface area contributed by atoms with Crippen molar-refractivity contribution < 1.29 is 28.7 Å². The minimum Gasteiger partial charge on any atom is -0.469 e. The molecule has 0 fully saturated rings. The molecule has 1 amide bonds. The Morgan fingerprint density at radius 1 is 1.11 bits per heavy atom. The lowest BCUT2D eigenvalue weighted by Crippen LogP contribution is -2.42. The molecule has 1 atom stereocenters. The van der Waals surface area contributed by atoms with Crippen LogP contribution in [0.3, 0.4) is 0 Å². The summed E-state index contributed by atoms with van der Waals surface area (Å²) in [6, 6.07) is -0.957. The van der Waals surface area contributed by atoms with E-state index < -0.39 is 23.9 Å². The van der Waals surface area contributed by atoms with Gasteiger partial charge < -0.3 is 14.8 Å². The summed E-state index contributed by atoms with van der Waals surface area (Å²) in [6.07, 6.45) is -0.286. The largest absolute Gasteiger partial charge is 0.469 e. The minimum atomic E-state index is -0.957. The van der Waals surface area contributed by atoms with E-state index in [0.717, 1.165) is 0 Å². The maximum absolute atomic E-state index is 11.4. The van der Waals surface area contributed by atoms with Gasteiger partial charge in [0.25, 0.3) is 0 Å². The molecule has 1 N–H and O–H groups in total. The van der Waals surface area contributed by atoms with E-state index in [1.807, 2.05) is 0 Å². The summed E-state index contributed by atoms with van der Waals surface area (Å²) in [5, 5.41) is 2.34. The fraction of sp³-hybridized carbons (Fsp3) is 0.636. The van der Waals surface area contributed by atoms with Crippen LogP contribution in [0.15, 0.2) is 0 Å². The molecule has 18 heavy (non-hydrogen) atoms. The molecule has 0 aromatic rings. The molecule has 0 bridgehead atoms. The Balaban J connectivity index is 4.40. The monoisotopic (exact) mass is 259 g/mol. The molecule has 0 heterocycles. The minimum absolute atomic E-state index is 0.0311. The fourth-order valence-electron chi connectivity index (χ4n) is 1.23. The number of ether oxygens (including phenoxy) is 2. The van der Waals surface area contributed by atoms with Crippen LogP contribution < -0.4 is 5.32 Å². The molecule has 0 aromatic carbocycles. The number of hydrogen-bond acceptors (Lipinski definition) is 6. The molecule has 0 rings (SSSR count). The first-order valence-corrected chi connectivity index (χ1v) is 5.34. The Kier molecular flexibility index (Phi) is 7.34. The number of methoxy groups -OCH3 is 2. The van der Waals surface area contributed by atoms with Crippen molar-refractivity contribution in [1.29, 1.82) is 0 Å². The van der Waals surface area contributed by atoms with Crippen LogP contribution in [-0.2, 0) is 28.7 Å². The molecule has 7 nitrogen and oxygen atoms in total. The average molecular weight is 259 g/mol. The van der Waals surface area contributed by atoms with Gasteiger partial charge in [-0.3, -0.25) is 14.4 Å². The zero-order valence-electron chi connectivity index (χ0n) is 10.6. The predicted octanol–water partition coefficient (Wildman–Crippen LogP) is -0.423. The topological polar surface area (TPSA) is 98.8 Å². The van der Waals surface area contributed by atoms with Crippen LogP contribution in [0.1, 0.15) is 26.2 Å². The Hall–Kier alpha value is -1.92. The van der Waals surface area contributed by atoms with E-state index >= 15 is 0 Å². The molecule has 0 aliphatic rings. The van der Waals surface area contributed by atoms with Gasteiger partial charge in [0.2, 0.25) is 5.91 Å². The first kappa shape index (κ1) is 16.1. The second kappa shape index (κ2) is 8.21. The number of carbonyl (C=O) groups excluding carboxylic acids is 4. The van der Waals surface area contributed by atoms with Crippen molar-refractivity contribution in [1.82, 2.24) is 5.32 Å². The SMILES string of the molecule is COC(=O)CCC(NC(=O)CC(C)=O)C(=O)OC. The Bertz CT molecular complexity index is 338. The summed E-state index contributed by atoms with van der Waals surface area (Å²) >= 11 is 0. The number of amides is 1. The normalized spacial score (nSPS) is 11.3. The summed E-state index contributed by atoms with van der Waals surface area (Å²) < 4.78 is 8.92. The van der Waals surface area contributed by atoms with E-state index in [0.29, 0.717) is 0 Å². The Morgan fingerprint density at radius 3 is 2.17 bits per heavy atom. The van der Waals surface area contributed by atoms with Gasteiger partial charge in [0, 0.05) is 6.42 Å². The quantitative estimate of drug-likeness (QED) is 0.492. The van der Waals surface area contributed by atoms with E-state index in [1.54, 1.807) is 0 Å². The van der Waals surface area contributed by atoms with Crippen molar-refractivity contribution >= 4 is 23.6 Å². The molecule has 0 saturated carbocycles. The van der Waals surface area contributed by atoms with Crippen molar-refractivity contribution in [3.63, 3.8) is 0 Å². The van der Waals surface area contributed by atoms with Crippen LogP contribution in [0, 0.1) is 0 Å². The lowest BCUT2D eigenvalue weighted by molar-refractivity contribution is -0.147. The first-order valence-electron chi connectivity index (χ1n) is 5.34. The number of carbonyl (C=O) groups is 4. The zero-order valence-corrected chi connectivity index (χ0v) is 10.6. The van der Waals surface area contributed by atoms with Gasteiger partial charge in [-0.15, -0.1) is 0 Å². The summed E-state index contributed by atoms with van der Waals surface area (Å²) in [7, 11) is 2.40. The highest BCUT2D eigenvalue weighted by molar-refractivity contribution is 5.98. The second-order valence-electron chi connectivity index (χ2n) is 3.64. The number of esters is 2. The van der Waals surface area contributed by atoms with Crippen molar-refractivity contribution in [3.8, 4) is 0 Å². The molecule has 0 spiro atoms. The van der Waals surface area contributed by atoms with E-state index in [1.165, 1.54) is 21.1 Å². The number of rotatable bonds is 7. The van der Waals surface area contributed by atoms with Gasteiger partial charge >= 0.3 is 11.9 Å². The van der Waals surface area contributed by atoms with Gasteiger partial charge in [-0.2, -0.15) is 0 Å². The number of Topliss-reactive ketones (excluding diaryl/α,β-unsaturated/α-hetero) is 1. The summed E-state index contributed by atoms with van der Waals surface area (Å²) in [4.78, 5) is 44.4. The predicted molar refractivity (Wildman–Crippen MR) is 60.5 cm³/mol. The highest BCUT2D eigenvalue weighted by Gasteiger charge is 2.22. The highest BCUT2D eigenvalue weighted by atomic mass is 16.5. The Morgan fingerprint density at radius 2 is 1.72 bits per heavy atom. The molecule has 0 aliphatic carbocycles. The molecular weight excluding hydrogens is 242 g/mol. The van der Waals surface area contributed by atoms with Crippen LogP contribution in [-0.4, -0.2) is 43.9 Å². The maximum atomic E-state index is 11.4. The molecule has 0 aliphatic heterocycles. The average Bonchev–Trinajstić information content (AvgIpc) is 2.31. The number of ketones is 1. The standard InChI is InChI=1S/C11H17NO6/c1-7(13)6-9(14)12-8(11(16)18-3)4-5-10(15)17-2/h8H,4-6H2,1-3H3,(H,12,14). The lowest BCUT2D eigenvalue weighted by Gasteiger charge is -2.15. The Labute approximate surface area is 105 Å². The first-order chi connectivity index (χ1) is 8.40.